The highest BCUT2D eigenvalue weighted by molar-refractivity contribution is 9.10. The fraction of sp³-hybridized carbons (Fsp3) is 0.333. The first-order valence-corrected chi connectivity index (χ1v) is 8.29. The Balaban J connectivity index is 2.11. The van der Waals surface area contributed by atoms with Crippen LogP contribution in [0, 0.1) is 5.92 Å². The van der Waals surface area contributed by atoms with Crippen molar-refractivity contribution in [2.24, 2.45) is 5.92 Å². The summed E-state index contributed by atoms with van der Waals surface area (Å²) in [5, 5.41) is 0. The van der Waals surface area contributed by atoms with Gasteiger partial charge in [0.15, 0.2) is 0 Å². The monoisotopic (exact) mass is 352 g/mol. The lowest BCUT2D eigenvalue weighted by molar-refractivity contribution is 0.630. The normalized spacial score (nSPS) is 11.0. The number of halogens is 1. The minimum absolute atomic E-state index is 0.0709. The van der Waals surface area contributed by atoms with Crippen molar-refractivity contribution in [3.63, 3.8) is 0 Å². The maximum atomic E-state index is 11.7. The molecule has 20 heavy (non-hydrogen) atoms. The third kappa shape index (κ3) is 4.49. The van der Waals surface area contributed by atoms with Crippen LogP contribution in [0.1, 0.15) is 25.4 Å². The van der Waals surface area contributed by atoms with Gasteiger partial charge in [-0.3, -0.25) is 4.79 Å². The van der Waals surface area contributed by atoms with Crippen molar-refractivity contribution in [1.82, 2.24) is 9.97 Å². The van der Waals surface area contributed by atoms with Crippen LogP contribution in [0.15, 0.2) is 44.5 Å². The van der Waals surface area contributed by atoms with E-state index in [9.17, 15) is 4.79 Å². The number of benzene rings is 1. The molecular formula is C15H17BrN2OS. The number of nitrogens with zero attached hydrogens (tertiary/aromatic N) is 1. The molecule has 106 valence electrons. The molecule has 0 unspecified atom stereocenters. The Morgan fingerprint density at radius 3 is 2.80 bits per heavy atom. The van der Waals surface area contributed by atoms with Crippen molar-refractivity contribution in [2.75, 3.05) is 0 Å². The third-order valence-electron chi connectivity index (χ3n) is 2.66. The first kappa shape index (κ1) is 15.3. The van der Waals surface area contributed by atoms with Gasteiger partial charge in [-0.15, -0.1) is 11.8 Å². The SMILES string of the molecule is CC(C)Cc1cc(=O)[nH]c(CSc2ccccc2Br)n1. The molecule has 0 saturated carbocycles. The largest absolute Gasteiger partial charge is 0.310 e. The number of H-pyrrole nitrogens is 1. The van der Waals surface area contributed by atoms with Gasteiger partial charge < -0.3 is 4.98 Å². The van der Waals surface area contributed by atoms with Crippen LogP contribution >= 0.6 is 27.7 Å². The quantitative estimate of drug-likeness (QED) is 0.826. The van der Waals surface area contributed by atoms with Gasteiger partial charge in [0.05, 0.1) is 5.75 Å². The van der Waals surface area contributed by atoms with Gasteiger partial charge in [0, 0.05) is 21.1 Å². The van der Waals surface area contributed by atoms with E-state index in [2.05, 4.69) is 39.7 Å². The van der Waals surface area contributed by atoms with Gasteiger partial charge in [-0.1, -0.05) is 26.0 Å². The predicted molar refractivity (Wildman–Crippen MR) is 87.1 cm³/mol. The Bertz CT molecular complexity index is 640. The molecule has 0 atom stereocenters. The molecule has 2 rings (SSSR count). The molecule has 0 radical (unpaired) electrons. The molecule has 0 aliphatic rings. The van der Waals surface area contributed by atoms with E-state index in [1.165, 1.54) is 0 Å². The average Bonchev–Trinajstić information content (AvgIpc) is 2.36. The van der Waals surface area contributed by atoms with E-state index < -0.39 is 0 Å². The van der Waals surface area contributed by atoms with E-state index in [0.717, 1.165) is 27.3 Å². The van der Waals surface area contributed by atoms with Crippen LogP contribution in [0.5, 0.6) is 0 Å². The van der Waals surface area contributed by atoms with Gasteiger partial charge >= 0.3 is 0 Å². The van der Waals surface area contributed by atoms with E-state index in [1.54, 1.807) is 17.8 Å². The van der Waals surface area contributed by atoms with Crippen LogP contribution in [0.25, 0.3) is 0 Å². The fourth-order valence-electron chi connectivity index (χ4n) is 1.86. The van der Waals surface area contributed by atoms with Crippen LogP contribution in [0.3, 0.4) is 0 Å². The zero-order valence-corrected chi connectivity index (χ0v) is 13.9. The lowest BCUT2D eigenvalue weighted by atomic mass is 10.1. The standard InChI is InChI=1S/C15H17BrN2OS/c1-10(2)7-11-8-15(19)18-14(17-11)9-20-13-6-4-3-5-12(13)16/h3-6,8,10H,7,9H2,1-2H3,(H,17,18,19). The van der Waals surface area contributed by atoms with Gasteiger partial charge in [-0.05, 0) is 40.4 Å². The van der Waals surface area contributed by atoms with Crippen molar-refractivity contribution >= 4 is 27.7 Å². The van der Waals surface area contributed by atoms with Crippen molar-refractivity contribution < 1.29 is 0 Å². The summed E-state index contributed by atoms with van der Waals surface area (Å²) in [5.74, 6) is 1.88. The number of hydrogen-bond donors (Lipinski definition) is 1. The Morgan fingerprint density at radius 2 is 2.10 bits per heavy atom. The van der Waals surface area contributed by atoms with Crippen LogP contribution in [-0.4, -0.2) is 9.97 Å². The molecule has 0 bridgehead atoms. The Kier molecular flexibility index (Phi) is 5.43. The van der Waals surface area contributed by atoms with E-state index in [1.807, 2.05) is 24.3 Å². The first-order valence-electron chi connectivity index (χ1n) is 6.51. The van der Waals surface area contributed by atoms with E-state index in [-0.39, 0.29) is 5.56 Å². The molecule has 0 aliphatic heterocycles. The van der Waals surface area contributed by atoms with Gasteiger partial charge in [0.2, 0.25) is 0 Å². The predicted octanol–water partition coefficient (Wildman–Crippen LogP) is 4.02. The Labute approximate surface area is 131 Å². The maximum Gasteiger partial charge on any atom is 0.251 e. The second-order valence-electron chi connectivity index (χ2n) is 5.00. The van der Waals surface area contributed by atoms with Gasteiger partial charge in [0.1, 0.15) is 5.82 Å². The summed E-state index contributed by atoms with van der Waals surface area (Å²) in [6, 6.07) is 9.63. The molecular weight excluding hydrogens is 336 g/mol. The van der Waals surface area contributed by atoms with Gasteiger partial charge in [0.25, 0.3) is 5.56 Å². The summed E-state index contributed by atoms with van der Waals surface area (Å²) in [5.41, 5.74) is 0.796. The minimum atomic E-state index is -0.0709. The summed E-state index contributed by atoms with van der Waals surface area (Å²) in [6.45, 7) is 4.25. The first-order chi connectivity index (χ1) is 9.54. The second-order valence-corrected chi connectivity index (χ2v) is 6.87. The van der Waals surface area contributed by atoms with Crippen molar-refractivity contribution in [1.29, 1.82) is 0 Å². The molecule has 0 aliphatic carbocycles. The molecule has 1 heterocycles. The molecule has 0 saturated heterocycles. The smallest absolute Gasteiger partial charge is 0.251 e. The summed E-state index contributed by atoms with van der Waals surface area (Å²) < 4.78 is 1.06. The average molecular weight is 353 g/mol. The molecule has 5 heteroatoms. The van der Waals surface area contributed by atoms with Gasteiger partial charge in [-0.25, -0.2) is 4.98 Å². The molecule has 0 fully saturated rings. The molecule has 2 aromatic rings. The summed E-state index contributed by atoms with van der Waals surface area (Å²) in [6.07, 6.45) is 0.830. The Hall–Kier alpha value is -1.07. The van der Waals surface area contributed by atoms with E-state index in [4.69, 9.17) is 0 Å². The molecule has 0 spiro atoms. The van der Waals surface area contributed by atoms with Crippen molar-refractivity contribution in [2.45, 2.75) is 30.9 Å². The molecule has 1 aromatic heterocycles. The van der Waals surface area contributed by atoms with Crippen molar-refractivity contribution in [3.05, 3.63) is 56.7 Å². The lowest BCUT2D eigenvalue weighted by Gasteiger charge is -2.07. The maximum absolute atomic E-state index is 11.7. The highest BCUT2D eigenvalue weighted by Crippen LogP contribution is 2.28. The number of aromatic nitrogens is 2. The molecule has 3 nitrogen and oxygen atoms in total. The number of nitrogens with one attached hydrogen (secondary N) is 1. The molecule has 1 aromatic carbocycles. The highest BCUT2D eigenvalue weighted by Gasteiger charge is 2.06. The summed E-state index contributed by atoms with van der Waals surface area (Å²) >= 11 is 5.18. The fourth-order valence-corrected chi connectivity index (χ4v) is 3.30. The number of aromatic amines is 1. The van der Waals surface area contributed by atoms with Crippen molar-refractivity contribution in [3.8, 4) is 0 Å². The third-order valence-corrected chi connectivity index (χ3v) is 4.70. The summed E-state index contributed by atoms with van der Waals surface area (Å²) in [7, 11) is 0. The van der Waals surface area contributed by atoms with Crippen LogP contribution < -0.4 is 5.56 Å². The van der Waals surface area contributed by atoms with E-state index >= 15 is 0 Å². The highest BCUT2D eigenvalue weighted by atomic mass is 79.9. The lowest BCUT2D eigenvalue weighted by Crippen LogP contribution is -2.13. The zero-order valence-electron chi connectivity index (χ0n) is 11.5. The topological polar surface area (TPSA) is 45.8 Å². The van der Waals surface area contributed by atoms with Crippen LogP contribution in [0.2, 0.25) is 0 Å². The molecule has 1 N–H and O–H groups in total. The number of thioether (sulfide) groups is 1. The van der Waals surface area contributed by atoms with Gasteiger partial charge in [-0.2, -0.15) is 0 Å². The number of rotatable bonds is 5. The summed E-state index contributed by atoms with van der Waals surface area (Å²) in [4.78, 5) is 20.1. The minimum Gasteiger partial charge on any atom is -0.310 e. The zero-order chi connectivity index (χ0) is 14.5. The Morgan fingerprint density at radius 1 is 1.35 bits per heavy atom. The second kappa shape index (κ2) is 7.09. The molecule has 0 amide bonds. The van der Waals surface area contributed by atoms with E-state index in [0.29, 0.717) is 11.7 Å². The van der Waals surface area contributed by atoms with Crippen LogP contribution in [0.4, 0.5) is 0 Å². The van der Waals surface area contributed by atoms with Crippen LogP contribution in [-0.2, 0) is 12.2 Å². The number of hydrogen-bond acceptors (Lipinski definition) is 3.